The Balaban J connectivity index is 1.81. The minimum Gasteiger partial charge on any atom is -0.384 e. The van der Waals surface area contributed by atoms with Crippen LogP contribution >= 0.6 is 0 Å². The minimum absolute atomic E-state index is 0.0476. The molecule has 7 nitrogen and oxygen atoms in total. The SMILES string of the molecule is N=C(/C=C(\NCC1=CCCC=C1F)c1ccon1)c1nccc(N)n1. The molecule has 0 unspecified atom stereocenters. The largest absolute Gasteiger partial charge is 0.384 e. The molecule has 2 heterocycles. The first-order valence-corrected chi connectivity index (χ1v) is 7.72. The molecular weight excluding hydrogens is 323 g/mol. The normalized spacial score (nSPS) is 14.7. The van der Waals surface area contributed by atoms with Gasteiger partial charge in [-0.05, 0) is 31.1 Å². The van der Waals surface area contributed by atoms with Crippen LogP contribution in [0, 0.1) is 5.41 Å². The number of halogens is 1. The van der Waals surface area contributed by atoms with Gasteiger partial charge in [-0.1, -0.05) is 11.2 Å². The number of allylic oxidation sites excluding steroid dienone is 3. The molecule has 2 aromatic rings. The van der Waals surface area contributed by atoms with Crippen LogP contribution in [0.15, 0.2) is 58.7 Å². The number of hydrogen-bond acceptors (Lipinski definition) is 7. The smallest absolute Gasteiger partial charge is 0.179 e. The van der Waals surface area contributed by atoms with Crippen molar-refractivity contribution in [1.82, 2.24) is 20.4 Å². The lowest BCUT2D eigenvalue weighted by atomic mass is 10.1. The van der Waals surface area contributed by atoms with E-state index in [-0.39, 0.29) is 29.7 Å². The fourth-order valence-corrected chi connectivity index (χ4v) is 2.32. The highest BCUT2D eigenvalue weighted by Crippen LogP contribution is 2.20. The van der Waals surface area contributed by atoms with Crippen molar-refractivity contribution in [1.29, 1.82) is 5.41 Å². The monoisotopic (exact) mass is 340 g/mol. The topological polar surface area (TPSA) is 114 Å². The summed E-state index contributed by atoms with van der Waals surface area (Å²) in [7, 11) is 0. The van der Waals surface area contributed by atoms with Crippen molar-refractivity contribution in [3.8, 4) is 0 Å². The van der Waals surface area contributed by atoms with Crippen molar-refractivity contribution in [2.24, 2.45) is 0 Å². The van der Waals surface area contributed by atoms with E-state index in [0.29, 0.717) is 23.4 Å². The van der Waals surface area contributed by atoms with Crippen LogP contribution in [-0.4, -0.2) is 27.4 Å². The predicted molar refractivity (Wildman–Crippen MR) is 92.3 cm³/mol. The number of rotatable bonds is 6. The summed E-state index contributed by atoms with van der Waals surface area (Å²) in [5.41, 5.74) is 7.25. The van der Waals surface area contributed by atoms with Crippen LogP contribution in [-0.2, 0) is 0 Å². The third-order valence-corrected chi connectivity index (χ3v) is 3.58. The summed E-state index contributed by atoms with van der Waals surface area (Å²) >= 11 is 0. The molecule has 2 aromatic heterocycles. The zero-order chi connectivity index (χ0) is 17.6. The van der Waals surface area contributed by atoms with E-state index >= 15 is 0 Å². The maximum atomic E-state index is 13.8. The van der Waals surface area contributed by atoms with Crippen molar-refractivity contribution < 1.29 is 8.91 Å². The molecule has 0 fully saturated rings. The highest BCUT2D eigenvalue weighted by molar-refractivity contribution is 6.07. The Bertz CT molecular complexity index is 854. The average Bonchev–Trinajstić information content (AvgIpc) is 3.14. The second-order valence-corrected chi connectivity index (χ2v) is 5.37. The van der Waals surface area contributed by atoms with Gasteiger partial charge >= 0.3 is 0 Å². The van der Waals surface area contributed by atoms with Gasteiger partial charge in [-0.3, -0.25) is 5.41 Å². The van der Waals surface area contributed by atoms with Gasteiger partial charge < -0.3 is 15.6 Å². The van der Waals surface area contributed by atoms with E-state index in [4.69, 9.17) is 15.7 Å². The molecule has 0 atom stereocenters. The Hall–Kier alpha value is -3.29. The molecule has 0 aromatic carbocycles. The molecule has 3 rings (SSSR count). The zero-order valence-electron chi connectivity index (χ0n) is 13.4. The van der Waals surface area contributed by atoms with E-state index in [9.17, 15) is 4.39 Å². The van der Waals surface area contributed by atoms with E-state index in [0.717, 1.165) is 6.42 Å². The first kappa shape index (κ1) is 16.6. The van der Waals surface area contributed by atoms with Gasteiger partial charge in [0.2, 0.25) is 0 Å². The summed E-state index contributed by atoms with van der Waals surface area (Å²) in [6.45, 7) is 0.270. The van der Waals surface area contributed by atoms with Gasteiger partial charge in [0, 0.05) is 24.4 Å². The zero-order valence-corrected chi connectivity index (χ0v) is 13.4. The van der Waals surface area contributed by atoms with Crippen molar-refractivity contribution in [2.75, 3.05) is 12.3 Å². The van der Waals surface area contributed by atoms with Gasteiger partial charge in [-0.2, -0.15) is 0 Å². The third kappa shape index (κ3) is 4.17. The molecule has 0 saturated carbocycles. The highest BCUT2D eigenvalue weighted by atomic mass is 19.1. The van der Waals surface area contributed by atoms with Crippen LogP contribution in [0.5, 0.6) is 0 Å². The van der Waals surface area contributed by atoms with Crippen LogP contribution in [0.2, 0.25) is 0 Å². The quantitative estimate of drug-likeness (QED) is 0.697. The maximum Gasteiger partial charge on any atom is 0.179 e. The summed E-state index contributed by atoms with van der Waals surface area (Å²) in [6.07, 6.45) is 9.35. The Morgan fingerprint density at radius 1 is 1.36 bits per heavy atom. The van der Waals surface area contributed by atoms with E-state index in [1.807, 2.05) is 6.08 Å². The average molecular weight is 340 g/mol. The summed E-state index contributed by atoms with van der Waals surface area (Å²) < 4.78 is 18.7. The number of anilines is 1. The molecule has 128 valence electrons. The van der Waals surface area contributed by atoms with Gasteiger partial charge in [0.1, 0.15) is 29.3 Å². The lowest BCUT2D eigenvalue weighted by Crippen LogP contribution is -2.18. The lowest BCUT2D eigenvalue weighted by Gasteiger charge is -2.13. The van der Waals surface area contributed by atoms with Crippen LogP contribution < -0.4 is 11.1 Å². The molecule has 1 aliphatic rings. The summed E-state index contributed by atoms with van der Waals surface area (Å²) in [6, 6.07) is 3.19. The van der Waals surface area contributed by atoms with Crippen LogP contribution in [0.4, 0.5) is 10.2 Å². The van der Waals surface area contributed by atoms with E-state index < -0.39 is 0 Å². The van der Waals surface area contributed by atoms with E-state index in [1.165, 1.54) is 18.5 Å². The standard InChI is InChI=1S/C17H17FN6O/c18-12-4-2-1-3-11(12)10-22-15(14-6-8-25-24-14)9-13(19)17-21-7-5-16(20)23-17/h3-9,19,22H,1-2,10H2,(H2,20,21,23)/b15-9-,19-13?. The number of hydrogen-bond donors (Lipinski definition) is 3. The van der Waals surface area contributed by atoms with Crippen molar-refractivity contribution >= 4 is 17.2 Å². The Kier molecular flexibility index (Phi) is 4.98. The number of nitrogens with zero attached hydrogens (tertiary/aromatic N) is 3. The van der Waals surface area contributed by atoms with Gasteiger partial charge in [-0.25, -0.2) is 14.4 Å². The van der Waals surface area contributed by atoms with Crippen LogP contribution in [0.25, 0.3) is 5.70 Å². The van der Waals surface area contributed by atoms with E-state index in [2.05, 4.69) is 20.4 Å². The van der Waals surface area contributed by atoms with Crippen LogP contribution in [0.1, 0.15) is 24.4 Å². The van der Waals surface area contributed by atoms with Crippen LogP contribution in [0.3, 0.4) is 0 Å². The number of nitrogens with one attached hydrogen (secondary N) is 2. The minimum atomic E-state index is -0.229. The summed E-state index contributed by atoms with van der Waals surface area (Å²) in [5, 5.41) is 15.1. The Morgan fingerprint density at radius 2 is 2.20 bits per heavy atom. The first-order chi connectivity index (χ1) is 12.1. The second kappa shape index (κ2) is 7.52. The van der Waals surface area contributed by atoms with Crippen molar-refractivity contribution in [2.45, 2.75) is 12.8 Å². The lowest BCUT2D eigenvalue weighted by molar-refractivity contribution is 0.417. The Morgan fingerprint density at radius 3 is 2.92 bits per heavy atom. The maximum absolute atomic E-state index is 13.8. The molecule has 25 heavy (non-hydrogen) atoms. The number of nitrogen functional groups attached to an aromatic ring is 1. The molecule has 0 aliphatic heterocycles. The fraction of sp³-hybridized carbons (Fsp3) is 0.176. The molecule has 0 spiro atoms. The molecule has 0 bridgehead atoms. The molecule has 4 N–H and O–H groups in total. The van der Waals surface area contributed by atoms with Gasteiger partial charge in [0.05, 0.1) is 5.70 Å². The first-order valence-electron chi connectivity index (χ1n) is 7.72. The van der Waals surface area contributed by atoms with Crippen molar-refractivity contribution in [3.63, 3.8) is 0 Å². The Labute approximate surface area is 143 Å². The second-order valence-electron chi connectivity index (χ2n) is 5.37. The number of nitrogens with two attached hydrogens (primary N) is 1. The molecule has 1 aliphatic carbocycles. The molecule has 8 heteroatoms. The van der Waals surface area contributed by atoms with Gasteiger partial charge in [-0.15, -0.1) is 0 Å². The third-order valence-electron chi connectivity index (χ3n) is 3.58. The molecular formula is C17H17FN6O. The summed E-state index contributed by atoms with van der Waals surface area (Å²) in [5.74, 6) is 0.233. The number of aromatic nitrogens is 3. The molecule has 0 saturated heterocycles. The molecule has 0 radical (unpaired) electrons. The van der Waals surface area contributed by atoms with Crippen molar-refractivity contribution in [3.05, 3.63) is 65.7 Å². The van der Waals surface area contributed by atoms with E-state index in [1.54, 1.807) is 18.2 Å². The highest BCUT2D eigenvalue weighted by Gasteiger charge is 2.12. The molecule has 0 amide bonds. The van der Waals surface area contributed by atoms with Gasteiger partial charge in [0.15, 0.2) is 5.82 Å². The van der Waals surface area contributed by atoms with Gasteiger partial charge in [0.25, 0.3) is 0 Å². The summed E-state index contributed by atoms with van der Waals surface area (Å²) in [4.78, 5) is 8.04. The predicted octanol–water partition coefficient (Wildman–Crippen LogP) is 2.62. The fourth-order valence-electron chi connectivity index (χ4n) is 2.32.